The molecule has 1 aromatic rings. The summed E-state index contributed by atoms with van der Waals surface area (Å²) < 4.78 is 10.6. The van der Waals surface area contributed by atoms with Crippen molar-refractivity contribution in [1.82, 2.24) is 0 Å². The molecule has 92 valence electrons. The van der Waals surface area contributed by atoms with E-state index in [1.807, 2.05) is 19.1 Å². The average molecular weight is 236 g/mol. The highest BCUT2D eigenvalue weighted by molar-refractivity contribution is 5.85. The van der Waals surface area contributed by atoms with E-state index in [0.717, 1.165) is 11.6 Å². The first-order chi connectivity index (χ1) is 8.13. The minimum absolute atomic E-state index is 0.0839. The monoisotopic (exact) mass is 236 g/mol. The number of methoxy groups -OCH3 is 1. The van der Waals surface area contributed by atoms with Gasteiger partial charge in [-0.3, -0.25) is 0 Å². The lowest BCUT2D eigenvalue weighted by atomic mass is 10.2. The highest BCUT2D eigenvalue weighted by atomic mass is 16.5. The number of hydrogen-bond acceptors (Lipinski definition) is 3. The summed E-state index contributed by atoms with van der Waals surface area (Å²) in [6.07, 6.45) is 2.51. The van der Waals surface area contributed by atoms with Crippen molar-refractivity contribution >= 4 is 12.0 Å². The Kier molecular flexibility index (Phi) is 5.23. The van der Waals surface area contributed by atoms with Gasteiger partial charge < -0.3 is 14.6 Å². The number of ether oxygens (including phenoxy) is 2. The Morgan fingerprint density at radius 2 is 2.18 bits per heavy atom. The maximum atomic E-state index is 10.5. The van der Waals surface area contributed by atoms with Gasteiger partial charge in [-0.25, -0.2) is 4.79 Å². The molecule has 1 unspecified atom stereocenters. The van der Waals surface area contributed by atoms with Gasteiger partial charge in [-0.1, -0.05) is 18.2 Å². The molecule has 0 bridgehead atoms. The average Bonchev–Trinajstić information content (AvgIpc) is 2.28. The zero-order chi connectivity index (χ0) is 12.7. The van der Waals surface area contributed by atoms with Gasteiger partial charge in [0.25, 0.3) is 0 Å². The summed E-state index contributed by atoms with van der Waals surface area (Å²) >= 11 is 0. The molecule has 0 fully saturated rings. The van der Waals surface area contributed by atoms with Crippen LogP contribution >= 0.6 is 0 Å². The lowest BCUT2D eigenvalue weighted by Crippen LogP contribution is -2.18. The Morgan fingerprint density at radius 1 is 1.47 bits per heavy atom. The molecule has 0 aromatic heterocycles. The molecule has 1 N–H and O–H groups in total. The van der Waals surface area contributed by atoms with Gasteiger partial charge in [0.05, 0.1) is 6.61 Å². The molecular weight excluding hydrogens is 220 g/mol. The SMILES string of the molecule is COCC(C)Oc1ccccc1C=CC(=O)O. The summed E-state index contributed by atoms with van der Waals surface area (Å²) in [5, 5.41) is 8.58. The molecule has 0 aliphatic carbocycles. The van der Waals surface area contributed by atoms with Crippen molar-refractivity contribution in [2.24, 2.45) is 0 Å². The van der Waals surface area contributed by atoms with Crippen LogP contribution in [0.15, 0.2) is 30.3 Å². The highest BCUT2D eigenvalue weighted by Crippen LogP contribution is 2.20. The standard InChI is InChI=1S/C13H16O4/c1-10(9-16-2)17-12-6-4-3-5-11(12)7-8-13(14)15/h3-8,10H,9H2,1-2H3,(H,14,15). The van der Waals surface area contributed by atoms with E-state index in [9.17, 15) is 4.79 Å². The summed E-state index contributed by atoms with van der Waals surface area (Å²) in [6, 6.07) is 7.27. The van der Waals surface area contributed by atoms with E-state index in [4.69, 9.17) is 14.6 Å². The van der Waals surface area contributed by atoms with Crippen molar-refractivity contribution in [2.75, 3.05) is 13.7 Å². The summed E-state index contributed by atoms with van der Waals surface area (Å²) in [7, 11) is 1.61. The minimum Gasteiger partial charge on any atom is -0.488 e. The summed E-state index contributed by atoms with van der Waals surface area (Å²) in [5.74, 6) is -0.334. The summed E-state index contributed by atoms with van der Waals surface area (Å²) in [5.41, 5.74) is 0.734. The highest BCUT2D eigenvalue weighted by Gasteiger charge is 2.06. The molecule has 0 spiro atoms. The summed E-state index contributed by atoms with van der Waals surface area (Å²) in [4.78, 5) is 10.5. The van der Waals surface area contributed by atoms with Crippen molar-refractivity contribution < 1.29 is 19.4 Å². The lowest BCUT2D eigenvalue weighted by molar-refractivity contribution is -0.131. The topological polar surface area (TPSA) is 55.8 Å². The van der Waals surface area contributed by atoms with Crippen molar-refractivity contribution in [3.63, 3.8) is 0 Å². The third-order valence-corrected chi connectivity index (χ3v) is 2.05. The Morgan fingerprint density at radius 3 is 2.82 bits per heavy atom. The fourth-order valence-corrected chi connectivity index (χ4v) is 1.37. The number of aliphatic carboxylic acids is 1. The number of carboxylic acids is 1. The molecule has 1 aromatic carbocycles. The van der Waals surface area contributed by atoms with Crippen LogP contribution in [0, 0.1) is 0 Å². The number of para-hydroxylation sites is 1. The Hall–Kier alpha value is -1.81. The molecule has 0 aliphatic heterocycles. The van der Waals surface area contributed by atoms with Gasteiger partial charge in [0, 0.05) is 18.7 Å². The first-order valence-corrected chi connectivity index (χ1v) is 5.29. The minimum atomic E-state index is -0.982. The van der Waals surface area contributed by atoms with E-state index in [2.05, 4.69) is 0 Å². The second-order valence-corrected chi connectivity index (χ2v) is 3.59. The molecule has 0 radical (unpaired) electrons. The van der Waals surface area contributed by atoms with Crippen LogP contribution in [0.4, 0.5) is 0 Å². The van der Waals surface area contributed by atoms with Gasteiger partial charge >= 0.3 is 5.97 Å². The molecule has 4 nitrogen and oxygen atoms in total. The van der Waals surface area contributed by atoms with Gasteiger partial charge in [-0.2, -0.15) is 0 Å². The maximum absolute atomic E-state index is 10.5. The van der Waals surface area contributed by atoms with Crippen LogP contribution in [0.1, 0.15) is 12.5 Å². The van der Waals surface area contributed by atoms with Crippen molar-refractivity contribution in [1.29, 1.82) is 0 Å². The zero-order valence-electron chi connectivity index (χ0n) is 9.92. The molecule has 1 rings (SSSR count). The number of benzene rings is 1. The van der Waals surface area contributed by atoms with Crippen molar-refractivity contribution in [3.8, 4) is 5.75 Å². The van der Waals surface area contributed by atoms with Crippen molar-refractivity contribution in [3.05, 3.63) is 35.9 Å². The van der Waals surface area contributed by atoms with Gasteiger partial charge in [-0.15, -0.1) is 0 Å². The van der Waals surface area contributed by atoms with E-state index >= 15 is 0 Å². The third-order valence-electron chi connectivity index (χ3n) is 2.05. The van der Waals surface area contributed by atoms with Crippen LogP contribution in [-0.4, -0.2) is 30.9 Å². The fraction of sp³-hybridized carbons (Fsp3) is 0.308. The van der Waals surface area contributed by atoms with Gasteiger partial charge in [-0.05, 0) is 19.1 Å². The Bertz CT molecular complexity index is 398. The summed E-state index contributed by atoms with van der Waals surface area (Å²) in [6.45, 7) is 2.37. The number of carbonyl (C=O) groups is 1. The smallest absolute Gasteiger partial charge is 0.328 e. The first kappa shape index (κ1) is 13.3. The van der Waals surface area contributed by atoms with E-state index in [1.165, 1.54) is 6.08 Å². The number of rotatable bonds is 6. The van der Waals surface area contributed by atoms with Crippen LogP contribution < -0.4 is 4.74 Å². The van der Waals surface area contributed by atoms with E-state index in [1.54, 1.807) is 19.2 Å². The zero-order valence-corrected chi connectivity index (χ0v) is 9.92. The van der Waals surface area contributed by atoms with Gasteiger partial charge in [0.15, 0.2) is 0 Å². The molecule has 0 saturated carbocycles. The molecule has 0 saturated heterocycles. The predicted molar refractivity (Wildman–Crippen MR) is 65.1 cm³/mol. The molecule has 1 atom stereocenters. The van der Waals surface area contributed by atoms with E-state index in [0.29, 0.717) is 12.4 Å². The molecule has 4 heteroatoms. The number of hydrogen-bond donors (Lipinski definition) is 1. The van der Waals surface area contributed by atoms with E-state index in [-0.39, 0.29) is 6.10 Å². The molecular formula is C13H16O4. The van der Waals surface area contributed by atoms with Crippen LogP contribution in [0.2, 0.25) is 0 Å². The third kappa shape index (κ3) is 4.70. The number of carboxylic acid groups (broad SMARTS) is 1. The lowest BCUT2D eigenvalue weighted by Gasteiger charge is -2.15. The first-order valence-electron chi connectivity index (χ1n) is 5.29. The Labute approximate surface area is 100 Å². The van der Waals surface area contributed by atoms with Gasteiger partial charge in [0.2, 0.25) is 0 Å². The largest absolute Gasteiger partial charge is 0.488 e. The quantitative estimate of drug-likeness (QED) is 0.769. The molecule has 0 amide bonds. The van der Waals surface area contributed by atoms with Crippen molar-refractivity contribution in [2.45, 2.75) is 13.0 Å². The molecule has 0 aliphatic rings. The normalized spacial score (nSPS) is 12.6. The Balaban J connectivity index is 2.80. The van der Waals surface area contributed by atoms with Crippen LogP contribution in [0.3, 0.4) is 0 Å². The van der Waals surface area contributed by atoms with E-state index < -0.39 is 5.97 Å². The second kappa shape index (κ2) is 6.70. The molecule has 0 heterocycles. The maximum Gasteiger partial charge on any atom is 0.328 e. The molecule has 17 heavy (non-hydrogen) atoms. The van der Waals surface area contributed by atoms with Crippen LogP contribution in [0.25, 0.3) is 6.08 Å². The second-order valence-electron chi connectivity index (χ2n) is 3.59. The van der Waals surface area contributed by atoms with Gasteiger partial charge in [0.1, 0.15) is 11.9 Å². The van der Waals surface area contributed by atoms with Crippen LogP contribution in [0.5, 0.6) is 5.75 Å². The predicted octanol–water partition coefficient (Wildman–Crippen LogP) is 2.20. The van der Waals surface area contributed by atoms with Crippen LogP contribution in [-0.2, 0) is 9.53 Å². The fourth-order valence-electron chi connectivity index (χ4n) is 1.37.